The van der Waals surface area contributed by atoms with Gasteiger partial charge in [-0.3, -0.25) is 4.90 Å². The molecule has 0 spiro atoms. The fraction of sp³-hybridized carbons (Fsp3) is 0.571. The van der Waals surface area contributed by atoms with Gasteiger partial charge in [0.25, 0.3) is 0 Å². The fourth-order valence-electron chi connectivity index (χ4n) is 2.69. The predicted molar refractivity (Wildman–Crippen MR) is 79.8 cm³/mol. The van der Waals surface area contributed by atoms with Crippen LogP contribution in [0.25, 0.3) is 0 Å². The van der Waals surface area contributed by atoms with Crippen LogP contribution in [-0.4, -0.2) is 36.7 Å². The Bertz CT molecular complexity index is 431. The average molecular weight is 303 g/mol. The number of morpholine rings is 1. The molecule has 1 aliphatic heterocycles. The normalized spacial score (nSPS) is 26.4. The summed E-state index contributed by atoms with van der Waals surface area (Å²) in [6.07, 6.45) is 0.446. The van der Waals surface area contributed by atoms with E-state index in [1.807, 2.05) is 18.2 Å². The summed E-state index contributed by atoms with van der Waals surface area (Å²) in [5.74, 6) is 0. The molecule has 19 heavy (non-hydrogen) atoms. The Balaban J connectivity index is 2.21. The molecule has 5 heteroatoms. The Morgan fingerprint density at radius 3 is 2.42 bits per heavy atom. The van der Waals surface area contributed by atoms with E-state index in [1.165, 1.54) is 0 Å². The molecule has 0 saturated carbocycles. The molecule has 0 bridgehead atoms. The predicted octanol–water partition coefficient (Wildman–Crippen LogP) is 3.10. The number of hydrogen-bond donors (Lipinski definition) is 1. The molecule has 1 heterocycles. The maximum atomic E-state index is 6.10. The second-order valence-corrected chi connectivity index (χ2v) is 5.95. The minimum Gasteiger partial charge on any atom is -0.373 e. The van der Waals surface area contributed by atoms with Crippen molar-refractivity contribution in [1.82, 2.24) is 4.90 Å². The molecule has 0 radical (unpaired) electrons. The van der Waals surface area contributed by atoms with Crippen LogP contribution in [0, 0.1) is 0 Å². The number of nitrogens with zero attached hydrogens (tertiary/aromatic N) is 1. The summed E-state index contributed by atoms with van der Waals surface area (Å²) in [5, 5.41) is 1.15. The zero-order chi connectivity index (χ0) is 14.0. The number of halogens is 2. The first-order chi connectivity index (χ1) is 9.01. The monoisotopic (exact) mass is 302 g/mol. The largest absolute Gasteiger partial charge is 0.373 e. The van der Waals surface area contributed by atoms with Gasteiger partial charge in [-0.05, 0) is 31.5 Å². The molecule has 0 amide bonds. The Kier molecular flexibility index (Phi) is 5.09. The summed E-state index contributed by atoms with van der Waals surface area (Å²) >= 11 is 12.1. The molecule has 1 aromatic rings. The lowest BCUT2D eigenvalue weighted by atomic mass is 10.0. The standard InChI is InChI=1S/C14H20Cl2N2O/c1-9-7-18(8-10(2)19-9)14(6-17)11-3-4-12(15)13(16)5-11/h3-5,9-10,14H,6-8,17H2,1-2H3/t9-,10-,14-/m1/s1. The molecule has 2 N–H and O–H groups in total. The summed E-state index contributed by atoms with van der Waals surface area (Å²) in [5.41, 5.74) is 7.07. The van der Waals surface area contributed by atoms with Crippen molar-refractivity contribution < 1.29 is 4.74 Å². The molecule has 106 valence electrons. The van der Waals surface area contributed by atoms with E-state index in [4.69, 9.17) is 33.7 Å². The SMILES string of the molecule is C[C@@H]1CN([C@H](CN)c2ccc(Cl)c(Cl)c2)C[C@@H](C)O1. The van der Waals surface area contributed by atoms with Crippen LogP contribution in [0.5, 0.6) is 0 Å². The van der Waals surface area contributed by atoms with Crippen molar-refractivity contribution in [3.8, 4) is 0 Å². The van der Waals surface area contributed by atoms with Gasteiger partial charge < -0.3 is 10.5 Å². The second kappa shape index (κ2) is 6.42. The second-order valence-electron chi connectivity index (χ2n) is 5.14. The summed E-state index contributed by atoms with van der Waals surface area (Å²) in [7, 11) is 0. The van der Waals surface area contributed by atoms with Crippen molar-refractivity contribution >= 4 is 23.2 Å². The zero-order valence-electron chi connectivity index (χ0n) is 11.3. The molecule has 1 aliphatic rings. The number of benzene rings is 1. The van der Waals surface area contributed by atoms with E-state index < -0.39 is 0 Å². The van der Waals surface area contributed by atoms with Crippen LogP contribution in [0.1, 0.15) is 25.5 Å². The van der Waals surface area contributed by atoms with Gasteiger partial charge in [0.2, 0.25) is 0 Å². The molecular formula is C14H20Cl2N2O. The molecule has 1 saturated heterocycles. The first-order valence-electron chi connectivity index (χ1n) is 6.55. The third-order valence-corrected chi connectivity index (χ3v) is 4.18. The summed E-state index contributed by atoms with van der Waals surface area (Å²) in [6, 6.07) is 5.89. The summed E-state index contributed by atoms with van der Waals surface area (Å²) in [4.78, 5) is 2.36. The van der Waals surface area contributed by atoms with Gasteiger partial charge in [0, 0.05) is 25.7 Å². The van der Waals surface area contributed by atoms with Crippen LogP contribution in [0.15, 0.2) is 18.2 Å². The van der Waals surface area contributed by atoms with Crippen LogP contribution < -0.4 is 5.73 Å². The lowest BCUT2D eigenvalue weighted by molar-refractivity contribution is -0.0799. The topological polar surface area (TPSA) is 38.5 Å². The Morgan fingerprint density at radius 1 is 1.26 bits per heavy atom. The maximum Gasteiger partial charge on any atom is 0.0678 e. The van der Waals surface area contributed by atoms with Crippen molar-refractivity contribution in [2.24, 2.45) is 5.73 Å². The highest BCUT2D eigenvalue weighted by atomic mass is 35.5. The van der Waals surface area contributed by atoms with Crippen molar-refractivity contribution in [1.29, 1.82) is 0 Å². The Morgan fingerprint density at radius 2 is 1.89 bits per heavy atom. The molecule has 0 unspecified atom stereocenters. The zero-order valence-corrected chi connectivity index (χ0v) is 12.8. The van der Waals surface area contributed by atoms with Crippen LogP contribution in [0.3, 0.4) is 0 Å². The number of hydrogen-bond acceptors (Lipinski definition) is 3. The van der Waals surface area contributed by atoms with Crippen LogP contribution in [0.2, 0.25) is 10.0 Å². The van der Waals surface area contributed by atoms with E-state index in [1.54, 1.807) is 0 Å². The molecule has 0 aliphatic carbocycles. The molecule has 1 aromatic carbocycles. The minimum absolute atomic E-state index is 0.156. The third-order valence-electron chi connectivity index (χ3n) is 3.44. The van der Waals surface area contributed by atoms with E-state index in [9.17, 15) is 0 Å². The van der Waals surface area contributed by atoms with E-state index in [2.05, 4.69) is 18.7 Å². The minimum atomic E-state index is 0.156. The average Bonchev–Trinajstić information content (AvgIpc) is 2.33. The highest BCUT2D eigenvalue weighted by Crippen LogP contribution is 2.29. The van der Waals surface area contributed by atoms with Crippen molar-refractivity contribution in [3.05, 3.63) is 33.8 Å². The first kappa shape index (κ1) is 15.1. The van der Waals surface area contributed by atoms with Crippen molar-refractivity contribution in [3.63, 3.8) is 0 Å². The van der Waals surface area contributed by atoms with Gasteiger partial charge in [-0.1, -0.05) is 29.3 Å². The molecule has 3 atom stereocenters. The maximum absolute atomic E-state index is 6.10. The van der Waals surface area contributed by atoms with Gasteiger partial charge >= 0.3 is 0 Å². The quantitative estimate of drug-likeness (QED) is 0.932. The van der Waals surface area contributed by atoms with E-state index >= 15 is 0 Å². The molecule has 0 aromatic heterocycles. The molecular weight excluding hydrogens is 283 g/mol. The number of rotatable bonds is 3. The van der Waals surface area contributed by atoms with E-state index in [0.717, 1.165) is 18.7 Å². The van der Waals surface area contributed by atoms with Gasteiger partial charge in [0.15, 0.2) is 0 Å². The van der Waals surface area contributed by atoms with Crippen molar-refractivity contribution in [2.75, 3.05) is 19.6 Å². The van der Waals surface area contributed by atoms with Gasteiger partial charge in [-0.15, -0.1) is 0 Å². The van der Waals surface area contributed by atoms with E-state index in [0.29, 0.717) is 16.6 Å². The van der Waals surface area contributed by atoms with Gasteiger partial charge in [-0.25, -0.2) is 0 Å². The summed E-state index contributed by atoms with van der Waals surface area (Å²) in [6.45, 7) is 6.49. The number of nitrogens with two attached hydrogens (primary N) is 1. The van der Waals surface area contributed by atoms with Crippen LogP contribution >= 0.6 is 23.2 Å². The lowest BCUT2D eigenvalue weighted by Crippen LogP contribution is -2.48. The highest BCUT2D eigenvalue weighted by Gasteiger charge is 2.28. The van der Waals surface area contributed by atoms with Gasteiger partial charge in [0.1, 0.15) is 0 Å². The van der Waals surface area contributed by atoms with Gasteiger partial charge in [0.05, 0.1) is 22.3 Å². The van der Waals surface area contributed by atoms with Gasteiger partial charge in [-0.2, -0.15) is 0 Å². The fourth-order valence-corrected chi connectivity index (χ4v) is 2.99. The van der Waals surface area contributed by atoms with Crippen molar-refractivity contribution in [2.45, 2.75) is 32.1 Å². The molecule has 1 fully saturated rings. The van der Waals surface area contributed by atoms with Crippen LogP contribution in [-0.2, 0) is 4.74 Å². The smallest absolute Gasteiger partial charge is 0.0678 e. The Hall–Kier alpha value is -0.320. The number of ether oxygens (including phenoxy) is 1. The molecule has 3 nitrogen and oxygen atoms in total. The highest BCUT2D eigenvalue weighted by molar-refractivity contribution is 6.42. The van der Waals surface area contributed by atoms with E-state index in [-0.39, 0.29) is 18.2 Å². The third kappa shape index (κ3) is 3.61. The summed E-state index contributed by atoms with van der Waals surface area (Å²) < 4.78 is 5.76. The molecule has 2 rings (SSSR count). The lowest BCUT2D eigenvalue weighted by Gasteiger charge is -2.40. The first-order valence-corrected chi connectivity index (χ1v) is 7.31. The van der Waals surface area contributed by atoms with Crippen LogP contribution in [0.4, 0.5) is 0 Å². The Labute approximate surface area is 124 Å².